The quantitative estimate of drug-likeness (QED) is 0.445. The average molecular weight is 394 g/mol. The molecule has 0 spiro atoms. The molecule has 28 heavy (non-hydrogen) atoms. The summed E-state index contributed by atoms with van der Waals surface area (Å²) in [6, 6.07) is 15.9. The highest BCUT2D eigenvalue weighted by atomic mass is 32.1. The maximum absolute atomic E-state index is 9.44. The van der Waals surface area contributed by atoms with Crippen molar-refractivity contribution in [3.05, 3.63) is 44.5 Å². The van der Waals surface area contributed by atoms with Crippen molar-refractivity contribution in [2.45, 2.75) is 13.8 Å². The molecule has 2 aromatic heterocycles. The third kappa shape index (κ3) is 2.45. The van der Waals surface area contributed by atoms with Crippen LogP contribution in [0.5, 0.6) is 0 Å². The molecule has 4 aromatic rings. The highest BCUT2D eigenvalue weighted by Crippen LogP contribution is 2.35. The Bertz CT molecular complexity index is 1470. The monoisotopic (exact) mass is 394 g/mol. The third-order valence-electron chi connectivity index (χ3n) is 4.63. The summed E-state index contributed by atoms with van der Waals surface area (Å²) in [6.07, 6.45) is 0. The highest BCUT2D eigenvalue weighted by Gasteiger charge is 2.15. The Morgan fingerprint density at radius 2 is 0.964 bits per heavy atom. The van der Waals surface area contributed by atoms with E-state index in [1.807, 2.05) is 62.4 Å². The Morgan fingerprint density at radius 1 is 0.607 bits per heavy atom. The van der Waals surface area contributed by atoms with E-state index in [0.29, 0.717) is 10.4 Å². The molecule has 0 N–H and O–H groups in total. The van der Waals surface area contributed by atoms with Gasteiger partial charge in [-0.25, -0.2) is 0 Å². The smallest absolute Gasteiger partial charge is 0.138 e. The summed E-state index contributed by atoms with van der Waals surface area (Å²) < 4.78 is 1.74. The zero-order valence-corrected chi connectivity index (χ0v) is 16.5. The van der Waals surface area contributed by atoms with Crippen LogP contribution in [0.25, 0.3) is 42.1 Å². The first-order valence-electron chi connectivity index (χ1n) is 8.27. The van der Waals surface area contributed by atoms with Gasteiger partial charge >= 0.3 is 0 Å². The fraction of sp³-hybridized carbons (Fsp3) is 0.0909. The van der Waals surface area contributed by atoms with Crippen molar-refractivity contribution in [3.63, 3.8) is 0 Å². The number of rotatable bonds is 0. The van der Waals surface area contributed by atoms with E-state index >= 15 is 0 Å². The summed E-state index contributed by atoms with van der Waals surface area (Å²) >= 11 is 3.06. The van der Waals surface area contributed by atoms with Crippen molar-refractivity contribution < 1.29 is 0 Å². The number of nitrogens with zero attached hydrogens (tertiary/aromatic N) is 4. The lowest BCUT2D eigenvalue weighted by Gasteiger charge is -2.05. The van der Waals surface area contributed by atoms with Gasteiger partial charge in [0.1, 0.15) is 35.4 Å². The molecule has 2 aromatic carbocycles. The molecule has 0 bridgehead atoms. The second-order valence-electron chi connectivity index (χ2n) is 6.34. The van der Waals surface area contributed by atoms with Crippen LogP contribution < -0.4 is 10.4 Å². The minimum absolute atomic E-state index is 0.0826. The largest absolute Gasteiger partial charge is 0.192 e. The normalized spacial score (nSPS) is 10.4. The molecule has 0 saturated heterocycles. The lowest BCUT2D eigenvalue weighted by molar-refractivity contribution is 1.50. The number of thiophene rings is 2. The summed E-state index contributed by atoms with van der Waals surface area (Å²) in [5.41, 5.74) is 0.165. The van der Waals surface area contributed by atoms with Crippen molar-refractivity contribution in [1.82, 2.24) is 0 Å². The molecular weight excluding hydrogens is 384 g/mol. The Morgan fingerprint density at radius 3 is 1.29 bits per heavy atom. The molecule has 0 unspecified atom stereocenters. The van der Waals surface area contributed by atoms with Gasteiger partial charge in [0.15, 0.2) is 0 Å². The number of nitriles is 4. The van der Waals surface area contributed by atoms with Crippen LogP contribution in [-0.2, 0) is 0 Å². The van der Waals surface area contributed by atoms with Gasteiger partial charge in [-0.3, -0.25) is 0 Å². The molecule has 0 aliphatic carbocycles. The van der Waals surface area contributed by atoms with Crippen molar-refractivity contribution >= 4 is 64.8 Å². The summed E-state index contributed by atoms with van der Waals surface area (Å²) in [7, 11) is 0. The SMILES string of the molecule is Cc1cc2c(s1)c(=C(C#N)C#N)cc1c3cc(C)sc3c(=C(C#N)C#N)cc21. The van der Waals surface area contributed by atoms with Gasteiger partial charge in [-0.2, -0.15) is 21.0 Å². The molecule has 4 nitrogen and oxygen atoms in total. The molecule has 0 atom stereocenters. The van der Waals surface area contributed by atoms with Crippen LogP contribution in [0.4, 0.5) is 0 Å². The first-order chi connectivity index (χ1) is 13.5. The van der Waals surface area contributed by atoms with Gasteiger partial charge < -0.3 is 0 Å². The topological polar surface area (TPSA) is 95.2 Å². The van der Waals surface area contributed by atoms with E-state index in [9.17, 15) is 21.0 Å². The molecule has 0 amide bonds. The van der Waals surface area contributed by atoms with Gasteiger partial charge in [0, 0.05) is 40.4 Å². The van der Waals surface area contributed by atoms with Crippen molar-refractivity contribution in [2.75, 3.05) is 0 Å². The maximum Gasteiger partial charge on any atom is 0.138 e. The van der Waals surface area contributed by atoms with E-state index in [-0.39, 0.29) is 11.1 Å². The Labute approximate surface area is 168 Å². The molecule has 130 valence electrons. The predicted molar refractivity (Wildman–Crippen MR) is 113 cm³/mol. The van der Waals surface area contributed by atoms with Gasteiger partial charge in [-0.15, -0.1) is 22.7 Å². The van der Waals surface area contributed by atoms with Gasteiger partial charge in [0.05, 0.1) is 0 Å². The zero-order valence-electron chi connectivity index (χ0n) is 14.9. The minimum Gasteiger partial charge on any atom is -0.192 e. The molecule has 6 heteroatoms. The first-order valence-corrected chi connectivity index (χ1v) is 9.90. The number of hydrogen-bond acceptors (Lipinski definition) is 6. The second-order valence-corrected chi connectivity index (χ2v) is 8.85. The lowest BCUT2D eigenvalue weighted by Crippen LogP contribution is -2.08. The van der Waals surface area contributed by atoms with Crippen LogP contribution in [0, 0.1) is 59.2 Å². The summed E-state index contributed by atoms with van der Waals surface area (Å²) in [5, 5.41) is 42.7. The van der Waals surface area contributed by atoms with Crippen LogP contribution in [0.1, 0.15) is 9.75 Å². The predicted octanol–water partition coefficient (Wildman–Crippen LogP) is 4.28. The molecule has 2 heterocycles. The lowest BCUT2D eigenvalue weighted by atomic mass is 9.98. The summed E-state index contributed by atoms with van der Waals surface area (Å²) in [4.78, 5) is 2.12. The van der Waals surface area contributed by atoms with Crippen LogP contribution >= 0.6 is 22.7 Å². The number of fused-ring (bicyclic) bond motifs is 5. The highest BCUT2D eigenvalue weighted by molar-refractivity contribution is 7.19. The molecule has 0 fully saturated rings. The van der Waals surface area contributed by atoms with Crippen molar-refractivity contribution in [2.24, 2.45) is 0 Å². The van der Waals surface area contributed by atoms with E-state index < -0.39 is 0 Å². The fourth-order valence-electron chi connectivity index (χ4n) is 3.51. The van der Waals surface area contributed by atoms with Gasteiger partial charge in [0.2, 0.25) is 0 Å². The molecule has 0 saturated carbocycles. The van der Waals surface area contributed by atoms with E-state index in [0.717, 1.165) is 40.7 Å². The van der Waals surface area contributed by atoms with Crippen LogP contribution in [-0.4, -0.2) is 0 Å². The van der Waals surface area contributed by atoms with Crippen LogP contribution in [0.2, 0.25) is 0 Å². The Kier molecular flexibility index (Phi) is 4.11. The van der Waals surface area contributed by atoms with Crippen molar-refractivity contribution in [3.8, 4) is 24.3 Å². The van der Waals surface area contributed by atoms with Crippen LogP contribution in [0.3, 0.4) is 0 Å². The van der Waals surface area contributed by atoms with Gasteiger partial charge in [-0.1, -0.05) is 0 Å². The third-order valence-corrected chi connectivity index (χ3v) is 6.80. The Hall–Kier alpha value is -3.68. The zero-order chi connectivity index (χ0) is 20.0. The van der Waals surface area contributed by atoms with Crippen molar-refractivity contribution in [1.29, 1.82) is 21.0 Å². The van der Waals surface area contributed by atoms with E-state index in [2.05, 4.69) is 0 Å². The number of aryl methyl sites for hydroxylation is 2. The minimum atomic E-state index is 0.0826. The van der Waals surface area contributed by atoms with E-state index in [4.69, 9.17) is 0 Å². The number of benzene rings is 2. The first kappa shape index (κ1) is 17.7. The molecule has 0 aliphatic rings. The maximum atomic E-state index is 9.44. The second kappa shape index (κ2) is 6.49. The van der Waals surface area contributed by atoms with Gasteiger partial charge in [-0.05, 0) is 48.9 Å². The molecule has 4 rings (SSSR count). The summed E-state index contributed by atoms with van der Waals surface area (Å²) in [6.45, 7) is 3.96. The number of hydrogen-bond donors (Lipinski definition) is 0. The Balaban J connectivity index is 2.47. The fourth-order valence-corrected chi connectivity index (χ4v) is 5.61. The standard InChI is InChI=1S/C22H10N4S2/c1-11-3-19-17-6-16(14(9-25)10-26)22-20(4-12(2)28-22)18(17)5-15(21(19)27-11)13(7-23)8-24/h3-6H,1-2H3. The molecule has 0 aliphatic heterocycles. The van der Waals surface area contributed by atoms with Gasteiger partial charge in [0.25, 0.3) is 0 Å². The van der Waals surface area contributed by atoms with E-state index in [1.165, 1.54) is 22.7 Å². The molecular formula is C22H10N4S2. The molecule has 0 radical (unpaired) electrons. The van der Waals surface area contributed by atoms with Crippen LogP contribution in [0.15, 0.2) is 24.3 Å². The summed E-state index contributed by atoms with van der Waals surface area (Å²) in [5.74, 6) is 0. The average Bonchev–Trinajstić information content (AvgIpc) is 3.26. The van der Waals surface area contributed by atoms with E-state index in [1.54, 1.807) is 0 Å².